The zero-order valence-electron chi connectivity index (χ0n) is 11.2. The Labute approximate surface area is 107 Å². The summed E-state index contributed by atoms with van der Waals surface area (Å²) in [5, 5.41) is 0. The summed E-state index contributed by atoms with van der Waals surface area (Å²) < 4.78 is 16.6. The first-order chi connectivity index (χ1) is 8.35. The molecule has 0 radical (unpaired) electrons. The SMILES string of the molecule is CC(C)(C)OC(=O)N1C[C@@H]2OCC(N)CO[C@H]2C1. The lowest BCUT2D eigenvalue weighted by atomic mass is 10.2. The Balaban J connectivity index is 1.90. The summed E-state index contributed by atoms with van der Waals surface area (Å²) in [5.41, 5.74) is 5.28. The molecule has 0 aromatic rings. The third-order valence-corrected chi connectivity index (χ3v) is 2.92. The molecule has 2 saturated heterocycles. The summed E-state index contributed by atoms with van der Waals surface area (Å²) in [6.07, 6.45) is -0.496. The Morgan fingerprint density at radius 3 is 2.17 bits per heavy atom. The Kier molecular flexibility index (Phi) is 3.79. The van der Waals surface area contributed by atoms with Crippen molar-refractivity contribution in [3.05, 3.63) is 0 Å². The molecule has 104 valence electrons. The van der Waals surface area contributed by atoms with E-state index in [0.717, 1.165) is 0 Å². The molecule has 0 unspecified atom stereocenters. The second-order valence-electron chi connectivity index (χ2n) is 5.89. The van der Waals surface area contributed by atoms with Crippen LogP contribution in [0.4, 0.5) is 4.79 Å². The predicted octanol–water partition coefficient (Wildman–Crippen LogP) is 0.348. The van der Waals surface area contributed by atoms with E-state index in [-0.39, 0.29) is 24.3 Å². The maximum Gasteiger partial charge on any atom is 0.410 e. The van der Waals surface area contributed by atoms with E-state index < -0.39 is 5.60 Å². The number of amides is 1. The van der Waals surface area contributed by atoms with Crippen LogP contribution in [0.15, 0.2) is 0 Å². The number of likely N-dealkylation sites (tertiary alicyclic amines) is 1. The molecule has 2 rings (SSSR count). The van der Waals surface area contributed by atoms with Gasteiger partial charge in [-0.15, -0.1) is 0 Å². The second-order valence-corrected chi connectivity index (χ2v) is 5.89. The minimum absolute atomic E-state index is 0.0782. The fourth-order valence-electron chi connectivity index (χ4n) is 2.08. The smallest absolute Gasteiger partial charge is 0.410 e. The highest BCUT2D eigenvalue weighted by atomic mass is 16.6. The van der Waals surface area contributed by atoms with Crippen molar-refractivity contribution in [2.45, 2.75) is 44.6 Å². The van der Waals surface area contributed by atoms with E-state index in [1.54, 1.807) is 4.90 Å². The van der Waals surface area contributed by atoms with E-state index in [0.29, 0.717) is 26.3 Å². The van der Waals surface area contributed by atoms with Gasteiger partial charge < -0.3 is 24.8 Å². The lowest BCUT2D eigenvalue weighted by Crippen LogP contribution is -2.37. The molecule has 2 aliphatic rings. The Morgan fingerprint density at radius 1 is 1.22 bits per heavy atom. The molecule has 0 spiro atoms. The molecule has 1 amide bonds. The molecule has 0 aromatic carbocycles. The summed E-state index contributed by atoms with van der Waals surface area (Å²) >= 11 is 0. The van der Waals surface area contributed by atoms with E-state index in [1.165, 1.54) is 0 Å². The fourth-order valence-corrected chi connectivity index (χ4v) is 2.08. The number of nitrogens with zero attached hydrogens (tertiary/aromatic N) is 1. The monoisotopic (exact) mass is 258 g/mol. The molecule has 0 bridgehead atoms. The standard InChI is InChI=1S/C12H22N2O4/c1-12(2,3)18-11(15)14-4-9-10(5-14)17-7-8(13)6-16-9/h8-10H,4-7,13H2,1-3H3/t9-,10-/m0/s1. The highest BCUT2D eigenvalue weighted by Crippen LogP contribution is 2.21. The minimum Gasteiger partial charge on any atom is -0.444 e. The van der Waals surface area contributed by atoms with Gasteiger partial charge in [-0.05, 0) is 20.8 Å². The zero-order chi connectivity index (χ0) is 13.3. The highest BCUT2D eigenvalue weighted by molar-refractivity contribution is 5.68. The van der Waals surface area contributed by atoms with E-state index in [4.69, 9.17) is 19.9 Å². The largest absolute Gasteiger partial charge is 0.444 e. The topological polar surface area (TPSA) is 74.0 Å². The average molecular weight is 258 g/mol. The fraction of sp³-hybridized carbons (Fsp3) is 0.917. The van der Waals surface area contributed by atoms with Crippen molar-refractivity contribution in [3.63, 3.8) is 0 Å². The molecular formula is C12H22N2O4. The molecular weight excluding hydrogens is 236 g/mol. The van der Waals surface area contributed by atoms with E-state index >= 15 is 0 Å². The van der Waals surface area contributed by atoms with Crippen LogP contribution >= 0.6 is 0 Å². The molecule has 6 nitrogen and oxygen atoms in total. The van der Waals surface area contributed by atoms with Crippen molar-refractivity contribution < 1.29 is 19.0 Å². The Bertz CT molecular complexity index is 300. The van der Waals surface area contributed by atoms with Gasteiger partial charge in [-0.1, -0.05) is 0 Å². The van der Waals surface area contributed by atoms with Crippen LogP contribution < -0.4 is 5.73 Å². The number of hydrogen-bond acceptors (Lipinski definition) is 5. The first-order valence-electron chi connectivity index (χ1n) is 6.32. The van der Waals surface area contributed by atoms with Gasteiger partial charge in [0.15, 0.2) is 0 Å². The van der Waals surface area contributed by atoms with Crippen molar-refractivity contribution in [1.82, 2.24) is 4.90 Å². The van der Waals surface area contributed by atoms with Gasteiger partial charge in [0.2, 0.25) is 0 Å². The number of carbonyl (C=O) groups is 1. The third-order valence-electron chi connectivity index (χ3n) is 2.92. The normalized spacial score (nSPS) is 29.9. The number of carbonyl (C=O) groups excluding carboxylic acids is 1. The van der Waals surface area contributed by atoms with Crippen LogP contribution in [-0.2, 0) is 14.2 Å². The van der Waals surface area contributed by atoms with Gasteiger partial charge in [-0.2, -0.15) is 0 Å². The van der Waals surface area contributed by atoms with Crippen LogP contribution in [0.25, 0.3) is 0 Å². The van der Waals surface area contributed by atoms with Crippen LogP contribution in [-0.4, -0.2) is 61.1 Å². The third kappa shape index (κ3) is 3.34. The average Bonchev–Trinajstić information content (AvgIpc) is 2.57. The van der Waals surface area contributed by atoms with Crippen LogP contribution in [0, 0.1) is 0 Å². The number of fused-ring (bicyclic) bond motifs is 1. The van der Waals surface area contributed by atoms with Crippen molar-refractivity contribution >= 4 is 6.09 Å². The molecule has 2 aliphatic heterocycles. The molecule has 2 fully saturated rings. The number of ether oxygens (including phenoxy) is 3. The van der Waals surface area contributed by atoms with Crippen LogP contribution in [0.2, 0.25) is 0 Å². The molecule has 2 heterocycles. The lowest BCUT2D eigenvalue weighted by molar-refractivity contribution is -0.00461. The minimum atomic E-state index is -0.480. The summed E-state index contributed by atoms with van der Waals surface area (Å²) in [6, 6.07) is -0.0782. The van der Waals surface area contributed by atoms with Gasteiger partial charge in [-0.3, -0.25) is 0 Å². The van der Waals surface area contributed by atoms with E-state index in [9.17, 15) is 4.79 Å². The number of rotatable bonds is 0. The number of nitrogens with two attached hydrogens (primary N) is 1. The maximum atomic E-state index is 11.9. The van der Waals surface area contributed by atoms with Gasteiger partial charge in [0.25, 0.3) is 0 Å². The first kappa shape index (κ1) is 13.6. The highest BCUT2D eigenvalue weighted by Gasteiger charge is 2.40. The van der Waals surface area contributed by atoms with Gasteiger partial charge in [-0.25, -0.2) is 4.79 Å². The maximum absolute atomic E-state index is 11.9. The lowest BCUT2D eigenvalue weighted by Gasteiger charge is -2.24. The van der Waals surface area contributed by atoms with Gasteiger partial charge in [0, 0.05) is 0 Å². The predicted molar refractivity (Wildman–Crippen MR) is 65.3 cm³/mol. The molecule has 0 saturated carbocycles. The van der Waals surface area contributed by atoms with Crippen molar-refractivity contribution in [1.29, 1.82) is 0 Å². The molecule has 2 atom stereocenters. The Morgan fingerprint density at radius 2 is 1.72 bits per heavy atom. The molecule has 2 N–H and O–H groups in total. The molecule has 0 aromatic heterocycles. The van der Waals surface area contributed by atoms with Crippen LogP contribution in [0.5, 0.6) is 0 Å². The van der Waals surface area contributed by atoms with Gasteiger partial charge in [0.1, 0.15) is 17.8 Å². The summed E-state index contributed by atoms with van der Waals surface area (Å²) in [4.78, 5) is 13.6. The quantitative estimate of drug-likeness (QED) is 0.678. The van der Waals surface area contributed by atoms with Crippen molar-refractivity contribution in [2.75, 3.05) is 26.3 Å². The van der Waals surface area contributed by atoms with E-state index in [1.807, 2.05) is 20.8 Å². The van der Waals surface area contributed by atoms with Gasteiger partial charge in [0.05, 0.1) is 32.3 Å². The van der Waals surface area contributed by atoms with Crippen LogP contribution in [0.1, 0.15) is 20.8 Å². The molecule has 0 aliphatic carbocycles. The van der Waals surface area contributed by atoms with Gasteiger partial charge >= 0.3 is 6.09 Å². The summed E-state index contributed by atoms with van der Waals surface area (Å²) in [5.74, 6) is 0. The molecule has 6 heteroatoms. The van der Waals surface area contributed by atoms with Crippen molar-refractivity contribution in [3.8, 4) is 0 Å². The Hall–Kier alpha value is -0.850. The first-order valence-corrected chi connectivity index (χ1v) is 6.32. The summed E-state index contributed by atoms with van der Waals surface area (Å²) in [7, 11) is 0. The van der Waals surface area contributed by atoms with Crippen LogP contribution in [0.3, 0.4) is 0 Å². The van der Waals surface area contributed by atoms with E-state index in [2.05, 4.69) is 0 Å². The van der Waals surface area contributed by atoms with Crippen molar-refractivity contribution in [2.24, 2.45) is 5.73 Å². The molecule has 18 heavy (non-hydrogen) atoms. The summed E-state index contributed by atoms with van der Waals surface area (Å²) in [6.45, 7) is 7.52. The zero-order valence-corrected chi connectivity index (χ0v) is 11.2. The second kappa shape index (κ2) is 5.03. The number of hydrogen-bond donors (Lipinski definition) is 1.